The first kappa shape index (κ1) is 18.6. The van der Waals surface area contributed by atoms with Gasteiger partial charge < -0.3 is 9.80 Å². The minimum Gasteiger partial charge on any atom is -0.346 e. The molecule has 0 radical (unpaired) electrons. The summed E-state index contributed by atoms with van der Waals surface area (Å²) in [4.78, 5) is 28.5. The number of rotatable bonds is 6. The highest BCUT2D eigenvalue weighted by atomic mass is 32.2. The van der Waals surface area contributed by atoms with Crippen molar-refractivity contribution in [3.05, 3.63) is 0 Å². The Bertz CT molecular complexity index is 400. The smallest absolute Gasteiger partial charge is 0.281 e. The summed E-state index contributed by atoms with van der Waals surface area (Å²) in [5, 5.41) is 0.200. The Kier molecular flexibility index (Phi) is 7.74. The SMILES string of the molecule is CCCCN(C)C(=O)CCSC(=O)N1CCCC2CCCCC21. The van der Waals surface area contributed by atoms with Gasteiger partial charge in [-0.1, -0.05) is 37.9 Å². The molecule has 1 saturated heterocycles. The molecular formula is C18H32N2O2S. The lowest BCUT2D eigenvalue weighted by Crippen LogP contribution is -2.48. The van der Waals surface area contributed by atoms with Gasteiger partial charge in [-0.05, 0) is 38.0 Å². The molecule has 0 aromatic heterocycles. The third-order valence-corrected chi connectivity index (χ3v) is 6.18. The Morgan fingerprint density at radius 2 is 1.91 bits per heavy atom. The van der Waals surface area contributed by atoms with Gasteiger partial charge in [0.2, 0.25) is 5.91 Å². The monoisotopic (exact) mass is 340 g/mol. The normalized spacial score (nSPS) is 24.2. The molecule has 1 aliphatic carbocycles. The summed E-state index contributed by atoms with van der Waals surface area (Å²) in [6, 6.07) is 0.473. The Morgan fingerprint density at radius 3 is 2.70 bits per heavy atom. The van der Waals surface area contributed by atoms with E-state index in [9.17, 15) is 9.59 Å². The highest BCUT2D eigenvalue weighted by Crippen LogP contribution is 2.36. The van der Waals surface area contributed by atoms with Crippen LogP contribution in [0.1, 0.15) is 64.7 Å². The van der Waals surface area contributed by atoms with E-state index in [4.69, 9.17) is 0 Å². The molecule has 2 fully saturated rings. The standard InChI is InChI=1S/C18H32N2O2S/c1-3-4-12-19(2)17(21)11-14-23-18(22)20-13-7-9-15-8-5-6-10-16(15)20/h15-16H,3-14H2,1-2H3. The maximum Gasteiger partial charge on any atom is 0.281 e. The summed E-state index contributed by atoms with van der Waals surface area (Å²) in [7, 11) is 1.86. The van der Waals surface area contributed by atoms with Crippen LogP contribution < -0.4 is 0 Å². The van der Waals surface area contributed by atoms with Gasteiger partial charge in [0, 0.05) is 38.4 Å². The zero-order valence-electron chi connectivity index (χ0n) is 14.8. The highest BCUT2D eigenvalue weighted by Gasteiger charge is 2.35. The first-order valence-electron chi connectivity index (χ1n) is 9.30. The third-order valence-electron chi connectivity index (χ3n) is 5.29. The Balaban J connectivity index is 1.72. The average molecular weight is 341 g/mol. The first-order chi connectivity index (χ1) is 11.1. The summed E-state index contributed by atoms with van der Waals surface area (Å²) in [5.74, 6) is 1.50. The van der Waals surface area contributed by atoms with Crippen LogP contribution in [0.4, 0.5) is 4.79 Å². The van der Waals surface area contributed by atoms with Crippen molar-refractivity contribution in [3.8, 4) is 0 Å². The molecule has 0 aromatic rings. The highest BCUT2D eigenvalue weighted by molar-refractivity contribution is 8.13. The molecule has 2 amide bonds. The van der Waals surface area contributed by atoms with Crippen LogP contribution in [0.25, 0.3) is 0 Å². The molecule has 1 aliphatic heterocycles. The minimum absolute atomic E-state index is 0.160. The molecule has 2 atom stereocenters. The van der Waals surface area contributed by atoms with Gasteiger partial charge in [-0.2, -0.15) is 0 Å². The van der Waals surface area contributed by atoms with Crippen molar-refractivity contribution in [3.63, 3.8) is 0 Å². The quantitative estimate of drug-likeness (QED) is 0.729. The molecule has 1 heterocycles. The van der Waals surface area contributed by atoms with E-state index in [1.165, 1.54) is 43.9 Å². The van der Waals surface area contributed by atoms with Gasteiger partial charge in [-0.15, -0.1) is 0 Å². The summed E-state index contributed by atoms with van der Waals surface area (Å²) in [5.41, 5.74) is 0. The molecule has 2 aliphatic rings. The van der Waals surface area contributed by atoms with Crippen molar-refractivity contribution >= 4 is 22.9 Å². The summed E-state index contributed by atoms with van der Waals surface area (Å²) in [6.45, 7) is 3.87. The summed E-state index contributed by atoms with van der Waals surface area (Å²) >= 11 is 1.35. The zero-order chi connectivity index (χ0) is 16.7. The lowest BCUT2D eigenvalue weighted by molar-refractivity contribution is -0.129. The molecule has 4 nitrogen and oxygen atoms in total. The Hall–Kier alpha value is -0.710. The number of likely N-dealkylation sites (tertiary alicyclic amines) is 1. The number of thioether (sulfide) groups is 1. The van der Waals surface area contributed by atoms with Gasteiger partial charge in [0.25, 0.3) is 5.24 Å². The van der Waals surface area contributed by atoms with E-state index < -0.39 is 0 Å². The molecule has 1 saturated carbocycles. The number of carbonyl (C=O) groups is 2. The van der Waals surface area contributed by atoms with Gasteiger partial charge in [0.15, 0.2) is 0 Å². The Morgan fingerprint density at radius 1 is 1.17 bits per heavy atom. The van der Waals surface area contributed by atoms with Crippen LogP contribution in [0.5, 0.6) is 0 Å². The van der Waals surface area contributed by atoms with Crippen LogP contribution >= 0.6 is 11.8 Å². The number of fused-ring (bicyclic) bond motifs is 1. The lowest BCUT2D eigenvalue weighted by atomic mass is 9.78. The first-order valence-corrected chi connectivity index (χ1v) is 10.3. The van der Waals surface area contributed by atoms with Crippen molar-refractivity contribution < 1.29 is 9.59 Å². The second kappa shape index (κ2) is 9.55. The number of amides is 2. The van der Waals surface area contributed by atoms with Crippen molar-refractivity contribution in [2.45, 2.75) is 70.8 Å². The fourth-order valence-electron chi connectivity index (χ4n) is 3.87. The van der Waals surface area contributed by atoms with E-state index >= 15 is 0 Å². The number of piperidine rings is 1. The molecule has 2 unspecified atom stereocenters. The summed E-state index contributed by atoms with van der Waals surface area (Å²) in [6.07, 6.45) is 10.1. The van der Waals surface area contributed by atoms with Crippen molar-refractivity contribution in [1.29, 1.82) is 0 Å². The lowest BCUT2D eigenvalue weighted by Gasteiger charge is -2.43. The van der Waals surface area contributed by atoms with Gasteiger partial charge in [-0.3, -0.25) is 9.59 Å². The van der Waals surface area contributed by atoms with Crippen LogP contribution in [-0.4, -0.2) is 52.9 Å². The van der Waals surface area contributed by atoms with E-state index in [1.54, 1.807) is 4.90 Å². The number of nitrogens with zero attached hydrogens (tertiary/aromatic N) is 2. The second-order valence-electron chi connectivity index (χ2n) is 6.98. The van der Waals surface area contributed by atoms with E-state index in [2.05, 4.69) is 11.8 Å². The molecule has 0 spiro atoms. The molecular weight excluding hydrogens is 308 g/mol. The maximum atomic E-state index is 12.5. The number of carbonyl (C=O) groups excluding carboxylic acids is 2. The van der Waals surface area contributed by atoms with E-state index in [0.29, 0.717) is 18.2 Å². The molecule has 2 rings (SSSR count). The van der Waals surface area contributed by atoms with Crippen molar-refractivity contribution in [2.75, 3.05) is 25.9 Å². The molecule has 0 bridgehead atoms. The molecule has 0 N–H and O–H groups in total. The molecule has 0 aromatic carbocycles. The number of hydrogen-bond acceptors (Lipinski definition) is 3. The predicted octanol–water partition coefficient (Wildman–Crippen LogP) is 4.14. The van der Waals surface area contributed by atoms with Crippen LogP contribution in [0, 0.1) is 5.92 Å². The van der Waals surface area contributed by atoms with E-state index in [-0.39, 0.29) is 11.1 Å². The minimum atomic E-state index is 0.160. The number of unbranched alkanes of at least 4 members (excludes halogenated alkanes) is 1. The van der Waals surface area contributed by atoms with Crippen molar-refractivity contribution in [2.24, 2.45) is 5.92 Å². The van der Waals surface area contributed by atoms with E-state index in [1.807, 2.05) is 7.05 Å². The van der Waals surface area contributed by atoms with E-state index in [0.717, 1.165) is 38.3 Å². The second-order valence-corrected chi connectivity index (χ2v) is 8.03. The topological polar surface area (TPSA) is 40.6 Å². The number of hydrogen-bond donors (Lipinski definition) is 0. The maximum absolute atomic E-state index is 12.5. The summed E-state index contributed by atoms with van der Waals surface area (Å²) < 4.78 is 0. The molecule has 23 heavy (non-hydrogen) atoms. The van der Waals surface area contributed by atoms with Crippen LogP contribution in [0.15, 0.2) is 0 Å². The predicted molar refractivity (Wildman–Crippen MR) is 96.7 cm³/mol. The van der Waals surface area contributed by atoms with Crippen LogP contribution in [0.3, 0.4) is 0 Å². The van der Waals surface area contributed by atoms with Crippen LogP contribution in [-0.2, 0) is 4.79 Å². The van der Waals surface area contributed by atoms with Gasteiger partial charge in [-0.25, -0.2) is 0 Å². The zero-order valence-corrected chi connectivity index (χ0v) is 15.6. The van der Waals surface area contributed by atoms with Gasteiger partial charge >= 0.3 is 0 Å². The average Bonchev–Trinajstić information content (AvgIpc) is 2.58. The Labute approximate surface area is 145 Å². The van der Waals surface area contributed by atoms with Crippen molar-refractivity contribution in [1.82, 2.24) is 9.80 Å². The largest absolute Gasteiger partial charge is 0.346 e. The molecule has 132 valence electrons. The fourth-order valence-corrected chi connectivity index (χ4v) is 4.71. The van der Waals surface area contributed by atoms with Crippen LogP contribution in [0.2, 0.25) is 0 Å². The third kappa shape index (κ3) is 5.40. The van der Waals surface area contributed by atoms with Gasteiger partial charge in [0.1, 0.15) is 0 Å². The molecule has 5 heteroatoms. The van der Waals surface area contributed by atoms with Gasteiger partial charge in [0.05, 0.1) is 0 Å². The fraction of sp³-hybridized carbons (Fsp3) is 0.889.